The fourth-order valence-electron chi connectivity index (χ4n) is 3.00. The second-order valence-corrected chi connectivity index (χ2v) is 8.50. The summed E-state index contributed by atoms with van der Waals surface area (Å²) in [6.07, 6.45) is 3.16. The third-order valence-electron chi connectivity index (χ3n) is 3.79. The highest BCUT2D eigenvalue weighted by Crippen LogP contribution is 2.27. The normalized spacial score (nSPS) is 23.4. The van der Waals surface area contributed by atoms with E-state index in [-0.39, 0.29) is 11.3 Å². The van der Waals surface area contributed by atoms with Crippen LogP contribution in [0, 0.1) is 5.41 Å². The number of nitrogens with zero attached hydrogens (tertiary/aromatic N) is 3. The minimum atomic E-state index is -1.27. The molecule has 6 heteroatoms. The monoisotopic (exact) mass is 325 g/mol. The van der Waals surface area contributed by atoms with E-state index < -0.39 is 5.60 Å². The van der Waals surface area contributed by atoms with E-state index in [0.717, 1.165) is 18.0 Å². The zero-order valence-electron chi connectivity index (χ0n) is 14.0. The molecule has 1 amide bonds. The van der Waals surface area contributed by atoms with Crippen molar-refractivity contribution in [2.24, 2.45) is 5.41 Å². The van der Waals surface area contributed by atoms with E-state index in [4.69, 9.17) is 0 Å². The summed E-state index contributed by atoms with van der Waals surface area (Å²) in [6.45, 7) is 8.78. The molecule has 0 aliphatic carbocycles. The van der Waals surface area contributed by atoms with Gasteiger partial charge in [-0.25, -0.2) is 4.98 Å². The van der Waals surface area contributed by atoms with Gasteiger partial charge >= 0.3 is 0 Å². The summed E-state index contributed by atoms with van der Waals surface area (Å²) in [6, 6.07) is 0. The lowest BCUT2D eigenvalue weighted by Gasteiger charge is -2.42. The number of hydrogen-bond acceptors (Lipinski definition) is 5. The molecule has 1 aliphatic rings. The molecule has 0 unspecified atom stereocenters. The van der Waals surface area contributed by atoms with Gasteiger partial charge in [-0.05, 0) is 25.3 Å². The predicted octanol–water partition coefficient (Wildman–Crippen LogP) is 1.97. The molecular formula is C16H27N3O2S. The Kier molecular flexibility index (Phi) is 5.25. The number of amides is 1. The standard InChI is InChI=1S/C16H27N3O2S/c1-15(2,3)11-19-8-5-6-16(21,14(19)20)12-18(4)10-13-17-7-9-22-13/h7,9,21H,5-6,8,10-12H2,1-4H3/t16-/m1/s1. The topological polar surface area (TPSA) is 56.7 Å². The first-order chi connectivity index (χ1) is 10.2. The zero-order chi connectivity index (χ0) is 16.4. The van der Waals surface area contributed by atoms with Gasteiger partial charge in [0.1, 0.15) is 5.01 Å². The molecular weight excluding hydrogens is 298 g/mol. The van der Waals surface area contributed by atoms with Crippen molar-refractivity contribution in [3.05, 3.63) is 16.6 Å². The molecule has 5 nitrogen and oxygen atoms in total. The Labute approximate surface area is 137 Å². The van der Waals surface area contributed by atoms with Crippen LogP contribution in [0.4, 0.5) is 0 Å². The molecule has 1 fully saturated rings. The van der Waals surface area contributed by atoms with Crippen LogP contribution in [0.25, 0.3) is 0 Å². The van der Waals surface area contributed by atoms with Gasteiger partial charge in [-0.15, -0.1) is 11.3 Å². The first-order valence-electron chi connectivity index (χ1n) is 7.78. The molecule has 1 aromatic heterocycles. The highest BCUT2D eigenvalue weighted by Gasteiger charge is 2.43. The Hall–Kier alpha value is -0.980. The van der Waals surface area contributed by atoms with Gasteiger partial charge < -0.3 is 10.0 Å². The maximum atomic E-state index is 12.7. The summed E-state index contributed by atoms with van der Waals surface area (Å²) in [5, 5.41) is 13.8. The molecule has 2 heterocycles. The van der Waals surface area contributed by atoms with E-state index in [1.54, 1.807) is 17.5 Å². The van der Waals surface area contributed by atoms with Crippen molar-refractivity contribution in [2.75, 3.05) is 26.7 Å². The van der Waals surface area contributed by atoms with Crippen LogP contribution >= 0.6 is 11.3 Å². The van der Waals surface area contributed by atoms with Crippen LogP contribution in [0.15, 0.2) is 11.6 Å². The summed E-state index contributed by atoms with van der Waals surface area (Å²) in [7, 11) is 1.93. The molecule has 0 saturated carbocycles. The molecule has 124 valence electrons. The molecule has 0 aromatic carbocycles. The SMILES string of the molecule is CN(Cc1nccs1)C[C@]1(O)CCCN(CC(C)(C)C)C1=O. The van der Waals surface area contributed by atoms with Crippen molar-refractivity contribution in [1.29, 1.82) is 0 Å². The molecule has 1 atom stereocenters. The molecule has 1 aliphatic heterocycles. The van der Waals surface area contributed by atoms with Crippen molar-refractivity contribution in [3.8, 4) is 0 Å². The second-order valence-electron chi connectivity index (χ2n) is 7.52. The number of likely N-dealkylation sites (tertiary alicyclic amines) is 1. The number of carbonyl (C=O) groups is 1. The van der Waals surface area contributed by atoms with Crippen LogP contribution in [0.3, 0.4) is 0 Å². The van der Waals surface area contributed by atoms with E-state index in [2.05, 4.69) is 25.8 Å². The highest BCUT2D eigenvalue weighted by molar-refractivity contribution is 7.09. The first-order valence-corrected chi connectivity index (χ1v) is 8.66. The number of rotatable bonds is 5. The van der Waals surface area contributed by atoms with Crippen LogP contribution in [-0.4, -0.2) is 58.1 Å². The number of carbonyl (C=O) groups excluding carboxylic acids is 1. The van der Waals surface area contributed by atoms with Gasteiger partial charge in [0.15, 0.2) is 5.60 Å². The maximum absolute atomic E-state index is 12.7. The molecule has 1 aromatic rings. The van der Waals surface area contributed by atoms with Gasteiger partial charge in [0.05, 0.1) is 6.54 Å². The number of piperidine rings is 1. The van der Waals surface area contributed by atoms with E-state index in [0.29, 0.717) is 26.1 Å². The van der Waals surface area contributed by atoms with Gasteiger partial charge in [-0.2, -0.15) is 0 Å². The minimum Gasteiger partial charge on any atom is -0.379 e. The number of aromatic nitrogens is 1. The third kappa shape index (κ3) is 4.51. The van der Waals surface area contributed by atoms with Crippen LogP contribution in [0.5, 0.6) is 0 Å². The predicted molar refractivity (Wildman–Crippen MR) is 88.7 cm³/mol. The van der Waals surface area contributed by atoms with Gasteiger partial charge in [0.25, 0.3) is 5.91 Å². The molecule has 2 rings (SSSR count). The molecule has 0 bridgehead atoms. The molecule has 1 N–H and O–H groups in total. The zero-order valence-corrected chi connectivity index (χ0v) is 14.8. The summed E-state index contributed by atoms with van der Waals surface area (Å²) in [5.41, 5.74) is -1.23. The Bertz CT molecular complexity index is 498. The highest BCUT2D eigenvalue weighted by atomic mass is 32.1. The van der Waals surface area contributed by atoms with Crippen molar-refractivity contribution in [1.82, 2.24) is 14.8 Å². The van der Waals surface area contributed by atoms with Crippen LogP contribution in [0.1, 0.15) is 38.6 Å². The average Bonchev–Trinajstić information content (AvgIpc) is 2.86. The van der Waals surface area contributed by atoms with Crippen LogP contribution < -0.4 is 0 Å². The second kappa shape index (κ2) is 6.64. The van der Waals surface area contributed by atoms with Gasteiger partial charge in [0, 0.05) is 31.2 Å². The Morgan fingerprint density at radius 3 is 2.82 bits per heavy atom. The maximum Gasteiger partial charge on any atom is 0.255 e. The lowest BCUT2D eigenvalue weighted by molar-refractivity contribution is -0.160. The van der Waals surface area contributed by atoms with Crippen molar-refractivity contribution >= 4 is 17.2 Å². The Morgan fingerprint density at radius 1 is 1.50 bits per heavy atom. The van der Waals surface area contributed by atoms with E-state index in [1.807, 2.05) is 22.2 Å². The third-order valence-corrected chi connectivity index (χ3v) is 4.55. The van der Waals surface area contributed by atoms with Crippen LogP contribution in [0.2, 0.25) is 0 Å². The molecule has 0 spiro atoms. The largest absolute Gasteiger partial charge is 0.379 e. The lowest BCUT2D eigenvalue weighted by Crippen LogP contribution is -2.59. The van der Waals surface area contributed by atoms with E-state index >= 15 is 0 Å². The molecule has 22 heavy (non-hydrogen) atoms. The quantitative estimate of drug-likeness (QED) is 0.899. The van der Waals surface area contributed by atoms with Crippen molar-refractivity contribution < 1.29 is 9.90 Å². The first kappa shape index (κ1) is 17.4. The number of aliphatic hydroxyl groups is 1. The average molecular weight is 325 g/mol. The number of hydrogen-bond donors (Lipinski definition) is 1. The van der Waals surface area contributed by atoms with Crippen molar-refractivity contribution in [2.45, 2.75) is 45.8 Å². The van der Waals surface area contributed by atoms with Gasteiger partial charge in [-0.3, -0.25) is 9.69 Å². The summed E-state index contributed by atoms with van der Waals surface area (Å²) >= 11 is 1.59. The summed E-state index contributed by atoms with van der Waals surface area (Å²) < 4.78 is 0. The van der Waals surface area contributed by atoms with E-state index in [9.17, 15) is 9.90 Å². The molecule has 0 radical (unpaired) electrons. The van der Waals surface area contributed by atoms with Gasteiger partial charge in [0.2, 0.25) is 0 Å². The Balaban J connectivity index is 1.99. The van der Waals surface area contributed by atoms with Gasteiger partial charge in [-0.1, -0.05) is 20.8 Å². The fourth-order valence-corrected chi connectivity index (χ4v) is 3.70. The summed E-state index contributed by atoms with van der Waals surface area (Å²) in [4.78, 5) is 20.8. The smallest absolute Gasteiger partial charge is 0.255 e. The lowest BCUT2D eigenvalue weighted by atomic mass is 9.88. The molecule has 1 saturated heterocycles. The van der Waals surface area contributed by atoms with Crippen LogP contribution in [-0.2, 0) is 11.3 Å². The van der Waals surface area contributed by atoms with Crippen molar-refractivity contribution in [3.63, 3.8) is 0 Å². The summed E-state index contributed by atoms with van der Waals surface area (Å²) in [5.74, 6) is -0.125. The number of likely N-dealkylation sites (N-methyl/N-ethyl adjacent to an activating group) is 1. The fraction of sp³-hybridized carbons (Fsp3) is 0.750. The Morgan fingerprint density at radius 2 is 2.23 bits per heavy atom. The van der Waals surface area contributed by atoms with E-state index in [1.165, 1.54) is 0 Å². The number of thiazole rings is 1. The minimum absolute atomic E-state index is 0.0424.